The molecule has 23 heavy (non-hydrogen) atoms. The number of amides is 1. The Kier molecular flexibility index (Phi) is 5.87. The van der Waals surface area contributed by atoms with Crippen LogP contribution in [-0.2, 0) is 4.74 Å². The van der Waals surface area contributed by atoms with Gasteiger partial charge in [-0.3, -0.25) is 9.78 Å². The van der Waals surface area contributed by atoms with E-state index in [2.05, 4.69) is 29.1 Å². The lowest BCUT2D eigenvalue weighted by molar-refractivity contribution is 0.0739. The number of hydrogen-bond acceptors (Lipinski definition) is 5. The van der Waals surface area contributed by atoms with Crippen molar-refractivity contribution in [2.24, 2.45) is 5.92 Å². The first-order valence-corrected chi connectivity index (χ1v) is 7.69. The fraction of sp³-hybridized carbons (Fsp3) is 0.471. The first-order chi connectivity index (χ1) is 11.0. The summed E-state index contributed by atoms with van der Waals surface area (Å²) < 4.78 is 10.8. The summed E-state index contributed by atoms with van der Waals surface area (Å²) in [4.78, 5) is 20.5. The summed E-state index contributed by atoms with van der Waals surface area (Å²) in [6, 6.07) is 3.65. The van der Waals surface area contributed by atoms with Gasteiger partial charge in [0, 0.05) is 31.1 Å². The third-order valence-electron chi connectivity index (χ3n) is 3.44. The highest BCUT2D eigenvalue weighted by Crippen LogP contribution is 2.18. The second-order valence-electron chi connectivity index (χ2n) is 5.92. The van der Waals surface area contributed by atoms with Crippen molar-refractivity contribution < 1.29 is 13.9 Å². The molecule has 0 saturated carbocycles. The summed E-state index contributed by atoms with van der Waals surface area (Å²) in [7, 11) is 1.65. The fourth-order valence-electron chi connectivity index (χ4n) is 2.27. The first kappa shape index (κ1) is 17.1. The van der Waals surface area contributed by atoms with Crippen LogP contribution in [0.2, 0.25) is 0 Å². The number of methoxy groups -OCH3 is 1. The Bertz CT molecular complexity index is 652. The zero-order chi connectivity index (χ0) is 16.8. The van der Waals surface area contributed by atoms with E-state index in [1.807, 2.05) is 13.0 Å². The second-order valence-corrected chi connectivity index (χ2v) is 5.92. The average molecular weight is 317 g/mol. The Morgan fingerprint density at radius 3 is 2.87 bits per heavy atom. The molecule has 2 heterocycles. The maximum absolute atomic E-state index is 12.2. The summed E-state index contributed by atoms with van der Waals surface area (Å²) in [6.45, 7) is 6.58. The Labute approximate surface area is 136 Å². The minimum atomic E-state index is -0.267. The molecule has 0 aliphatic rings. The lowest BCUT2D eigenvalue weighted by atomic mass is 10.1. The van der Waals surface area contributed by atoms with Gasteiger partial charge in [0.15, 0.2) is 5.69 Å². The van der Waals surface area contributed by atoms with Gasteiger partial charge in [-0.15, -0.1) is 0 Å². The van der Waals surface area contributed by atoms with Crippen molar-refractivity contribution in [3.05, 3.63) is 36.0 Å². The van der Waals surface area contributed by atoms with Gasteiger partial charge in [0.05, 0.1) is 6.10 Å². The summed E-state index contributed by atoms with van der Waals surface area (Å²) in [5, 5.41) is 2.83. The zero-order valence-corrected chi connectivity index (χ0v) is 14.0. The Morgan fingerprint density at radius 1 is 1.43 bits per heavy atom. The Balaban J connectivity index is 1.98. The molecule has 1 N–H and O–H groups in total. The van der Waals surface area contributed by atoms with E-state index in [9.17, 15) is 4.79 Å². The summed E-state index contributed by atoms with van der Waals surface area (Å²) in [5.74, 6) is 0.646. The molecule has 0 bridgehead atoms. The molecule has 2 rings (SSSR count). The number of aromatic nitrogens is 2. The van der Waals surface area contributed by atoms with Crippen LogP contribution >= 0.6 is 0 Å². The molecule has 0 fully saturated rings. The van der Waals surface area contributed by atoms with Crippen molar-refractivity contribution in [3.8, 4) is 11.5 Å². The van der Waals surface area contributed by atoms with Crippen LogP contribution in [0.15, 0.2) is 29.0 Å². The molecule has 0 saturated heterocycles. The van der Waals surface area contributed by atoms with Crippen molar-refractivity contribution in [2.45, 2.75) is 33.3 Å². The number of carbonyl (C=O) groups excluding carboxylic acids is 1. The molecule has 0 radical (unpaired) electrons. The highest BCUT2D eigenvalue weighted by Gasteiger charge is 2.16. The fourth-order valence-corrected chi connectivity index (χ4v) is 2.27. The van der Waals surface area contributed by atoms with Crippen molar-refractivity contribution >= 4 is 5.91 Å². The van der Waals surface area contributed by atoms with E-state index < -0.39 is 0 Å². The number of carbonyl (C=O) groups is 1. The number of rotatable bonds is 7. The van der Waals surface area contributed by atoms with Crippen LogP contribution in [0.4, 0.5) is 0 Å². The van der Waals surface area contributed by atoms with E-state index in [0.29, 0.717) is 18.4 Å². The van der Waals surface area contributed by atoms with Crippen LogP contribution in [0.5, 0.6) is 0 Å². The minimum absolute atomic E-state index is 0.00633. The molecule has 6 heteroatoms. The SMILES string of the molecule is COC(CNC(=O)c1coc(-c2ccnc(C)c2)n1)CC(C)C. The minimum Gasteiger partial charge on any atom is -0.444 e. The van der Waals surface area contributed by atoms with Crippen molar-refractivity contribution in [1.29, 1.82) is 0 Å². The number of nitrogens with one attached hydrogen (secondary N) is 1. The van der Waals surface area contributed by atoms with Crippen LogP contribution < -0.4 is 5.32 Å². The van der Waals surface area contributed by atoms with Gasteiger partial charge >= 0.3 is 0 Å². The van der Waals surface area contributed by atoms with E-state index >= 15 is 0 Å². The largest absolute Gasteiger partial charge is 0.444 e. The molecular formula is C17H23N3O3. The van der Waals surface area contributed by atoms with Crippen molar-refractivity contribution in [3.63, 3.8) is 0 Å². The molecule has 1 unspecified atom stereocenters. The van der Waals surface area contributed by atoms with Crippen LogP contribution in [0, 0.1) is 12.8 Å². The molecular weight excluding hydrogens is 294 g/mol. The van der Waals surface area contributed by atoms with E-state index in [1.165, 1.54) is 6.26 Å². The highest BCUT2D eigenvalue weighted by molar-refractivity contribution is 5.92. The normalized spacial score (nSPS) is 12.4. The number of pyridine rings is 1. The molecule has 2 aromatic heterocycles. The van der Waals surface area contributed by atoms with Crippen LogP contribution in [0.25, 0.3) is 11.5 Å². The lowest BCUT2D eigenvalue weighted by Gasteiger charge is -2.17. The summed E-state index contributed by atoms with van der Waals surface area (Å²) in [5.41, 5.74) is 1.92. The van der Waals surface area contributed by atoms with Gasteiger partial charge in [-0.25, -0.2) is 4.98 Å². The van der Waals surface area contributed by atoms with Gasteiger partial charge in [-0.1, -0.05) is 13.8 Å². The molecule has 1 atom stereocenters. The molecule has 0 aliphatic heterocycles. The van der Waals surface area contributed by atoms with Gasteiger partial charge in [0.25, 0.3) is 5.91 Å². The maximum Gasteiger partial charge on any atom is 0.273 e. The van der Waals surface area contributed by atoms with Crippen molar-refractivity contribution in [2.75, 3.05) is 13.7 Å². The lowest BCUT2D eigenvalue weighted by Crippen LogP contribution is -2.34. The predicted molar refractivity (Wildman–Crippen MR) is 87.1 cm³/mol. The Hall–Kier alpha value is -2.21. The maximum atomic E-state index is 12.2. The second kappa shape index (κ2) is 7.87. The van der Waals surface area contributed by atoms with E-state index in [-0.39, 0.29) is 17.7 Å². The average Bonchev–Trinajstić information content (AvgIpc) is 3.00. The number of aryl methyl sites for hydroxylation is 1. The van der Waals surface area contributed by atoms with Crippen LogP contribution in [0.1, 0.15) is 36.5 Å². The predicted octanol–water partition coefficient (Wildman–Crippen LogP) is 2.84. The highest BCUT2D eigenvalue weighted by atomic mass is 16.5. The van der Waals surface area contributed by atoms with E-state index in [4.69, 9.17) is 9.15 Å². The molecule has 0 aliphatic carbocycles. The van der Waals surface area contributed by atoms with Gasteiger partial charge in [0.1, 0.15) is 6.26 Å². The van der Waals surface area contributed by atoms with Gasteiger partial charge in [-0.05, 0) is 31.4 Å². The smallest absolute Gasteiger partial charge is 0.273 e. The topological polar surface area (TPSA) is 77.2 Å². The van der Waals surface area contributed by atoms with Crippen LogP contribution in [0.3, 0.4) is 0 Å². The number of hydrogen-bond donors (Lipinski definition) is 1. The monoisotopic (exact) mass is 317 g/mol. The third kappa shape index (κ3) is 4.89. The number of ether oxygens (including phenoxy) is 1. The van der Waals surface area contributed by atoms with E-state index in [1.54, 1.807) is 19.4 Å². The first-order valence-electron chi connectivity index (χ1n) is 7.69. The zero-order valence-electron chi connectivity index (χ0n) is 14.0. The molecule has 6 nitrogen and oxygen atoms in total. The quantitative estimate of drug-likeness (QED) is 0.849. The van der Waals surface area contributed by atoms with Gasteiger partial charge in [0.2, 0.25) is 5.89 Å². The van der Waals surface area contributed by atoms with Crippen molar-refractivity contribution in [1.82, 2.24) is 15.3 Å². The molecule has 1 amide bonds. The molecule has 124 valence electrons. The number of oxazole rings is 1. The van der Waals surface area contributed by atoms with E-state index in [0.717, 1.165) is 17.7 Å². The molecule has 0 spiro atoms. The van der Waals surface area contributed by atoms with Gasteiger partial charge < -0.3 is 14.5 Å². The summed E-state index contributed by atoms with van der Waals surface area (Å²) in [6.07, 6.45) is 3.93. The standard InChI is InChI=1S/C17H23N3O3/c1-11(2)7-14(22-4)9-19-16(21)15-10-23-17(20-15)13-5-6-18-12(3)8-13/h5-6,8,10-11,14H,7,9H2,1-4H3,(H,19,21). The third-order valence-corrected chi connectivity index (χ3v) is 3.44. The molecule has 0 aromatic carbocycles. The number of nitrogens with zero attached hydrogens (tertiary/aromatic N) is 2. The van der Waals surface area contributed by atoms with Crippen LogP contribution in [-0.4, -0.2) is 35.6 Å². The summed E-state index contributed by atoms with van der Waals surface area (Å²) >= 11 is 0. The van der Waals surface area contributed by atoms with Gasteiger partial charge in [-0.2, -0.15) is 0 Å². The Morgan fingerprint density at radius 2 is 2.22 bits per heavy atom. The molecule has 2 aromatic rings.